The first kappa shape index (κ1) is 65.8. The fourth-order valence-corrected chi connectivity index (χ4v) is 8.40. The van der Waals surface area contributed by atoms with E-state index in [1.54, 1.807) is 0 Å². The summed E-state index contributed by atoms with van der Waals surface area (Å²) in [5.41, 5.74) is 0. The van der Waals surface area contributed by atoms with E-state index in [9.17, 15) is 19.8 Å². The lowest BCUT2D eigenvalue weighted by Crippen LogP contribution is -2.46. The molecule has 0 saturated carbocycles. The molecule has 1 amide bonds. The summed E-state index contributed by atoms with van der Waals surface area (Å²) in [6, 6.07) is -0.725. The summed E-state index contributed by atoms with van der Waals surface area (Å²) in [5, 5.41) is 23.9. The topological polar surface area (TPSA) is 95.9 Å². The minimum atomic E-state index is -0.809. The lowest BCUT2D eigenvalue weighted by molar-refractivity contribution is -0.151. The molecule has 0 saturated heterocycles. The minimum absolute atomic E-state index is 0.0394. The Balaban J connectivity index is 4.69. The molecule has 3 unspecified atom stereocenters. The van der Waals surface area contributed by atoms with E-state index >= 15 is 0 Å². The molecule has 0 radical (unpaired) electrons. The van der Waals surface area contributed by atoms with E-state index in [0.29, 0.717) is 19.3 Å². The van der Waals surface area contributed by atoms with Crippen LogP contribution in [-0.2, 0) is 14.3 Å². The van der Waals surface area contributed by atoms with Gasteiger partial charge in [-0.25, -0.2) is 0 Å². The third-order valence-corrected chi connectivity index (χ3v) is 12.8. The van der Waals surface area contributed by atoms with Crippen LogP contribution in [0.25, 0.3) is 0 Å². The molecule has 3 atom stereocenters. The Morgan fingerprint density at radius 2 is 0.768 bits per heavy atom. The van der Waals surface area contributed by atoms with Crippen LogP contribution in [0.2, 0.25) is 0 Å². The Kier molecular flexibility index (Phi) is 53.1. The van der Waals surface area contributed by atoms with Crippen molar-refractivity contribution in [2.45, 2.75) is 283 Å². The second kappa shape index (κ2) is 55.7. The van der Waals surface area contributed by atoms with Crippen molar-refractivity contribution in [3.63, 3.8) is 0 Å². The van der Waals surface area contributed by atoms with Crippen molar-refractivity contribution in [2.24, 2.45) is 0 Å². The van der Waals surface area contributed by atoms with Crippen LogP contribution in [-0.4, -0.2) is 46.9 Å². The number of aliphatic hydroxyl groups excluding tert-OH is 2. The van der Waals surface area contributed by atoms with Crippen molar-refractivity contribution in [3.05, 3.63) is 97.2 Å². The first-order valence-corrected chi connectivity index (χ1v) is 29.1. The summed E-state index contributed by atoms with van der Waals surface area (Å²) in [5.74, 6) is -0.537. The number of hydrogen-bond acceptors (Lipinski definition) is 5. The van der Waals surface area contributed by atoms with Crippen LogP contribution < -0.4 is 5.32 Å². The van der Waals surface area contributed by atoms with Crippen molar-refractivity contribution in [3.8, 4) is 0 Å². The van der Waals surface area contributed by atoms with Gasteiger partial charge in [-0.05, 0) is 70.6 Å². The van der Waals surface area contributed by atoms with Crippen LogP contribution >= 0.6 is 0 Å². The van der Waals surface area contributed by atoms with Crippen LogP contribution in [0, 0.1) is 0 Å². The molecule has 0 aromatic rings. The summed E-state index contributed by atoms with van der Waals surface area (Å²) in [6.07, 6.45) is 74.6. The highest BCUT2D eigenvalue weighted by Gasteiger charge is 2.24. The van der Waals surface area contributed by atoms with Crippen molar-refractivity contribution in [1.82, 2.24) is 5.32 Å². The standard InChI is InChI=1S/C63H109NO5/c1-4-7-10-13-16-19-22-25-28-31-32-35-38-41-44-47-50-53-56-63(68)69-59(54-51-48-45-42-39-36-33-29-26-23-20-17-14-11-8-5-2)57-62(67)64-60(58-65)61(66)55-52-49-46-43-40-37-34-30-27-24-21-18-15-12-9-6-3/h10,13,16,19,22-23,25-26,28-29,31-33,35-36,39,59-61,65-66H,4-9,11-12,14-15,17-18,20-21,24,27,30,34,37-38,40-58H2,1-3H3,(H,64,67)/b13-10+,19-16+,25-22+,26-23+,31-28+,33-29+,35-32+,39-36+. The second-order valence-electron chi connectivity index (χ2n) is 19.5. The van der Waals surface area contributed by atoms with E-state index in [4.69, 9.17) is 4.74 Å². The van der Waals surface area contributed by atoms with E-state index < -0.39 is 18.2 Å². The molecule has 0 bridgehead atoms. The molecule has 69 heavy (non-hydrogen) atoms. The zero-order valence-corrected chi connectivity index (χ0v) is 45.2. The van der Waals surface area contributed by atoms with Crippen molar-refractivity contribution < 1.29 is 24.5 Å². The zero-order valence-electron chi connectivity index (χ0n) is 45.2. The minimum Gasteiger partial charge on any atom is -0.462 e. The number of hydrogen-bond donors (Lipinski definition) is 3. The second-order valence-corrected chi connectivity index (χ2v) is 19.5. The highest BCUT2D eigenvalue weighted by atomic mass is 16.5. The van der Waals surface area contributed by atoms with Crippen molar-refractivity contribution in [2.75, 3.05) is 6.61 Å². The fourth-order valence-electron chi connectivity index (χ4n) is 8.40. The first-order valence-electron chi connectivity index (χ1n) is 29.1. The van der Waals surface area contributed by atoms with E-state index in [-0.39, 0.29) is 24.9 Å². The van der Waals surface area contributed by atoms with Crippen molar-refractivity contribution >= 4 is 11.9 Å². The maximum atomic E-state index is 13.3. The van der Waals surface area contributed by atoms with Gasteiger partial charge < -0.3 is 20.3 Å². The molecule has 0 heterocycles. The zero-order chi connectivity index (χ0) is 50.2. The predicted molar refractivity (Wildman–Crippen MR) is 300 cm³/mol. The van der Waals surface area contributed by atoms with Gasteiger partial charge in [0.05, 0.1) is 25.2 Å². The van der Waals surface area contributed by atoms with E-state index in [1.165, 1.54) is 122 Å². The van der Waals surface area contributed by atoms with Gasteiger partial charge in [0.15, 0.2) is 0 Å². The van der Waals surface area contributed by atoms with E-state index in [0.717, 1.165) is 96.3 Å². The fraction of sp³-hybridized carbons (Fsp3) is 0.714. The molecule has 3 N–H and O–H groups in total. The number of ether oxygens (including phenoxy) is 1. The molecule has 0 aromatic carbocycles. The maximum absolute atomic E-state index is 13.3. The Labute approximate surface area is 426 Å². The van der Waals surface area contributed by atoms with Gasteiger partial charge in [-0.2, -0.15) is 0 Å². The number of aliphatic hydroxyl groups is 2. The number of allylic oxidation sites excluding steroid dienone is 16. The average molecular weight is 961 g/mol. The molecule has 0 aliphatic rings. The largest absolute Gasteiger partial charge is 0.462 e. The summed E-state index contributed by atoms with van der Waals surface area (Å²) >= 11 is 0. The number of amides is 1. The lowest BCUT2D eigenvalue weighted by Gasteiger charge is -2.24. The maximum Gasteiger partial charge on any atom is 0.306 e. The monoisotopic (exact) mass is 960 g/mol. The van der Waals surface area contributed by atoms with Crippen LogP contribution in [0.5, 0.6) is 0 Å². The summed E-state index contributed by atoms with van der Waals surface area (Å²) in [6.45, 7) is 6.38. The number of rotatable bonds is 51. The quantitative estimate of drug-likeness (QED) is 0.0321. The Bertz CT molecular complexity index is 1350. The van der Waals surface area contributed by atoms with Crippen molar-refractivity contribution in [1.29, 1.82) is 0 Å². The van der Waals surface area contributed by atoms with Gasteiger partial charge in [-0.15, -0.1) is 0 Å². The van der Waals surface area contributed by atoms with Gasteiger partial charge in [0.1, 0.15) is 6.10 Å². The molecule has 0 aromatic heterocycles. The molecule has 0 aliphatic carbocycles. The lowest BCUT2D eigenvalue weighted by atomic mass is 10.0. The molecule has 0 fully saturated rings. The van der Waals surface area contributed by atoms with Crippen LogP contribution in [0.4, 0.5) is 0 Å². The number of carbonyl (C=O) groups excluding carboxylic acids is 2. The number of nitrogens with one attached hydrogen (secondary N) is 1. The Morgan fingerprint density at radius 1 is 0.420 bits per heavy atom. The molecule has 0 spiro atoms. The number of esters is 1. The van der Waals surface area contributed by atoms with E-state index in [2.05, 4.69) is 99.0 Å². The Morgan fingerprint density at radius 3 is 1.19 bits per heavy atom. The SMILES string of the molecule is CCC/C=C/C=C/C=C/C=C/C=C/CCCCCCCC(=O)OC(CCCCC/C=C/C=C/C=C/CCCCCCC)CC(=O)NC(CO)C(O)CCCCCCCCCCCCCCCCCC. The van der Waals surface area contributed by atoms with Gasteiger partial charge >= 0.3 is 5.97 Å². The van der Waals surface area contributed by atoms with Crippen LogP contribution in [0.15, 0.2) is 97.2 Å². The van der Waals surface area contributed by atoms with Gasteiger partial charge in [0.2, 0.25) is 5.91 Å². The Hall–Kier alpha value is -3.22. The van der Waals surface area contributed by atoms with E-state index in [1.807, 2.05) is 24.3 Å². The summed E-state index contributed by atoms with van der Waals surface area (Å²) in [4.78, 5) is 26.3. The third kappa shape index (κ3) is 51.0. The highest BCUT2D eigenvalue weighted by molar-refractivity contribution is 5.77. The van der Waals surface area contributed by atoms with Gasteiger partial charge in [-0.3, -0.25) is 9.59 Å². The molecule has 6 nitrogen and oxygen atoms in total. The number of carbonyl (C=O) groups is 2. The molecular weight excluding hydrogens is 851 g/mol. The van der Waals surface area contributed by atoms with Gasteiger partial charge in [-0.1, -0.05) is 279 Å². The van der Waals surface area contributed by atoms with Crippen LogP contribution in [0.3, 0.4) is 0 Å². The number of unbranched alkanes of at least 4 members (excludes halogenated alkanes) is 29. The summed E-state index contributed by atoms with van der Waals surface area (Å²) < 4.78 is 5.94. The molecule has 0 rings (SSSR count). The molecule has 396 valence electrons. The first-order chi connectivity index (χ1) is 34.0. The predicted octanol–water partition coefficient (Wildman–Crippen LogP) is 18.1. The molecular formula is C63H109NO5. The van der Waals surface area contributed by atoms with Gasteiger partial charge in [0.25, 0.3) is 0 Å². The highest BCUT2D eigenvalue weighted by Crippen LogP contribution is 2.18. The van der Waals surface area contributed by atoms with Gasteiger partial charge in [0, 0.05) is 6.42 Å². The third-order valence-electron chi connectivity index (χ3n) is 12.8. The average Bonchev–Trinajstić information content (AvgIpc) is 3.34. The summed E-state index contributed by atoms with van der Waals surface area (Å²) in [7, 11) is 0. The molecule has 6 heteroatoms. The molecule has 0 aliphatic heterocycles. The normalized spacial score (nSPS) is 13.9. The smallest absolute Gasteiger partial charge is 0.306 e. The van der Waals surface area contributed by atoms with Crippen LogP contribution in [0.1, 0.15) is 265 Å².